The normalized spacial score (nSPS) is 16.0. The van der Waals surface area contributed by atoms with E-state index < -0.39 is 11.8 Å². The zero-order valence-corrected chi connectivity index (χ0v) is 18.3. The smallest absolute Gasteiger partial charge is 0.313 e. The zero-order valence-electron chi connectivity index (χ0n) is 17.5. The maximum atomic E-state index is 12.4. The van der Waals surface area contributed by atoms with E-state index >= 15 is 0 Å². The van der Waals surface area contributed by atoms with E-state index in [1.165, 1.54) is 14.2 Å². The first kappa shape index (κ1) is 22.1. The number of ether oxygens (including phenoxy) is 2. The number of carbonyl (C=O) groups is 2. The number of carbonyl (C=O) groups excluding carboxylic acids is 2. The summed E-state index contributed by atoms with van der Waals surface area (Å²) in [6, 6.07) is 7.06. The molecule has 2 N–H and O–H groups in total. The van der Waals surface area contributed by atoms with Crippen LogP contribution in [0, 0.1) is 0 Å². The quantitative estimate of drug-likeness (QED) is 0.650. The van der Waals surface area contributed by atoms with Crippen molar-refractivity contribution in [2.75, 3.05) is 59.3 Å². The molecule has 1 aliphatic rings. The fourth-order valence-corrected chi connectivity index (χ4v) is 4.13. The molecule has 0 radical (unpaired) electrons. The van der Waals surface area contributed by atoms with E-state index in [2.05, 4.69) is 38.9 Å². The highest BCUT2D eigenvalue weighted by atomic mass is 32.1. The molecule has 1 atom stereocenters. The average molecular weight is 433 g/mol. The Labute approximate surface area is 180 Å². The summed E-state index contributed by atoms with van der Waals surface area (Å²) >= 11 is 1.63. The molecular weight excluding hydrogens is 404 g/mol. The second-order valence-corrected chi connectivity index (χ2v) is 7.93. The van der Waals surface area contributed by atoms with Crippen molar-refractivity contribution in [2.45, 2.75) is 6.04 Å². The molecular formula is C21H28N4O4S. The largest absolute Gasteiger partial charge is 0.493 e. The predicted octanol–water partition coefficient (Wildman–Crippen LogP) is 1.81. The van der Waals surface area contributed by atoms with E-state index in [1.54, 1.807) is 29.5 Å². The first-order valence-electron chi connectivity index (χ1n) is 9.77. The van der Waals surface area contributed by atoms with Crippen LogP contribution in [-0.4, -0.2) is 75.6 Å². The molecule has 2 aromatic rings. The minimum atomic E-state index is -0.718. The molecule has 9 heteroatoms. The third kappa shape index (κ3) is 5.50. The molecule has 1 saturated heterocycles. The summed E-state index contributed by atoms with van der Waals surface area (Å²) in [4.78, 5) is 29.4. The Morgan fingerprint density at radius 1 is 1.07 bits per heavy atom. The molecule has 1 aromatic heterocycles. The summed E-state index contributed by atoms with van der Waals surface area (Å²) in [5.41, 5.74) is 1.62. The first-order chi connectivity index (χ1) is 14.5. The summed E-state index contributed by atoms with van der Waals surface area (Å²) < 4.78 is 10.4. The Balaban J connectivity index is 1.60. The topological polar surface area (TPSA) is 83.1 Å². The van der Waals surface area contributed by atoms with Crippen LogP contribution in [0.4, 0.5) is 5.69 Å². The number of hydrogen-bond acceptors (Lipinski definition) is 7. The minimum absolute atomic E-state index is 0.0442. The van der Waals surface area contributed by atoms with Crippen molar-refractivity contribution in [3.05, 3.63) is 40.6 Å². The van der Waals surface area contributed by atoms with E-state index in [0.29, 0.717) is 23.7 Å². The molecule has 2 heterocycles. The van der Waals surface area contributed by atoms with E-state index in [-0.39, 0.29) is 6.04 Å². The number of likely N-dealkylation sites (N-methyl/N-ethyl adjacent to an activating group) is 1. The second kappa shape index (κ2) is 10.4. The zero-order chi connectivity index (χ0) is 21.5. The van der Waals surface area contributed by atoms with Gasteiger partial charge < -0.3 is 25.0 Å². The van der Waals surface area contributed by atoms with Crippen LogP contribution in [-0.2, 0) is 9.59 Å². The van der Waals surface area contributed by atoms with Gasteiger partial charge >= 0.3 is 11.8 Å². The average Bonchev–Trinajstić information content (AvgIpc) is 3.29. The molecule has 0 saturated carbocycles. The molecule has 2 amide bonds. The molecule has 1 aromatic carbocycles. The Morgan fingerprint density at radius 2 is 1.80 bits per heavy atom. The van der Waals surface area contributed by atoms with Gasteiger partial charge in [-0.1, -0.05) is 0 Å². The maximum absolute atomic E-state index is 12.4. The standard InChI is InChI=1S/C21H28N4O4S/c1-24-7-9-25(10-8-24)17(15-6-11-30-14-15)13-22-20(26)21(27)23-16-4-5-18(28-2)19(12-16)29-3/h4-6,11-12,14,17H,7-10,13H2,1-3H3,(H,22,26)(H,23,27)/t17-/m1/s1. The van der Waals surface area contributed by atoms with Crippen molar-refractivity contribution in [2.24, 2.45) is 0 Å². The molecule has 162 valence electrons. The van der Waals surface area contributed by atoms with Crippen LogP contribution >= 0.6 is 11.3 Å². The molecule has 1 aliphatic heterocycles. The number of nitrogens with one attached hydrogen (secondary N) is 2. The molecule has 30 heavy (non-hydrogen) atoms. The van der Waals surface area contributed by atoms with Crippen LogP contribution in [0.15, 0.2) is 35.0 Å². The lowest BCUT2D eigenvalue weighted by atomic mass is 10.1. The fourth-order valence-electron chi connectivity index (χ4n) is 3.43. The Bertz CT molecular complexity index is 851. The Kier molecular flexibility index (Phi) is 7.67. The van der Waals surface area contributed by atoms with E-state index in [1.807, 2.05) is 5.38 Å². The molecule has 1 fully saturated rings. The van der Waals surface area contributed by atoms with E-state index in [0.717, 1.165) is 31.7 Å². The fraction of sp³-hybridized carbons (Fsp3) is 0.429. The molecule has 0 aliphatic carbocycles. The summed E-state index contributed by atoms with van der Waals surface area (Å²) in [6.07, 6.45) is 0. The number of thiophene rings is 1. The molecule has 3 rings (SSSR count). The van der Waals surface area contributed by atoms with Crippen molar-refractivity contribution in [3.63, 3.8) is 0 Å². The number of hydrogen-bond donors (Lipinski definition) is 2. The van der Waals surface area contributed by atoms with Crippen LogP contribution in [0.3, 0.4) is 0 Å². The number of methoxy groups -OCH3 is 2. The van der Waals surface area contributed by atoms with Crippen LogP contribution in [0.2, 0.25) is 0 Å². The number of benzene rings is 1. The van der Waals surface area contributed by atoms with Gasteiger partial charge in [-0.3, -0.25) is 14.5 Å². The van der Waals surface area contributed by atoms with Crippen LogP contribution in [0.25, 0.3) is 0 Å². The highest BCUT2D eigenvalue weighted by molar-refractivity contribution is 7.08. The van der Waals surface area contributed by atoms with Gasteiger partial charge in [0, 0.05) is 44.5 Å². The lowest BCUT2D eigenvalue weighted by Crippen LogP contribution is -2.49. The molecule has 8 nitrogen and oxygen atoms in total. The molecule has 0 spiro atoms. The van der Waals surface area contributed by atoms with Gasteiger partial charge in [0.05, 0.1) is 20.3 Å². The van der Waals surface area contributed by atoms with Crippen LogP contribution in [0.1, 0.15) is 11.6 Å². The highest BCUT2D eigenvalue weighted by Crippen LogP contribution is 2.29. The van der Waals surface area contributed by atoms with Gasteiger partial charge in [-0.15, -0.1) is 0 Å². The van der Waals surface area contributed by atoms with E-state index in [9.17, 15) is 9.59 Å². The first-order valence-corrected chi connectivity index (χ1v) is 10.7. The monoisotopic (exact) mass is 432 g/mol. The van der Waals surface area contributed by atoms with E-state index in [4.69, 9.17) is 9.47 Å². The number of nitrogens with zero attached hydrogens (tertiary/aromatic N) is 2. The molecule has 0 bridgehead atoms. The predicted molar refractivity (Wildman–Crippen MR) is 117 cm³/mol. The summed E-state index contributed by atoms with van der Waals surface area (Å²) in [5.74, 6) is -0.363. The SMILES string of the molecule is COc1ccc(NC(=O)C(=O)NC[C@H](c2ccsc2)N2CCN(C)CC2)cc1OC. The van der Waals surface area contributed by atoms with Crippen molar-refractivity contribution in [1.82, 2.24) is 15.1 Å². The van der Waals surface area contributed by atoms with Gasteiger partial charge in [0.2, 0.25) is 0 Å². The maximum Gasteiger partial charge on any atom is 0.313 e. The second-order valence-electron chi connectivity index (χ2n) is 7.15. The summed E-state index contributed by atoms with van der Waals surface area (Å²) in [7, 11) is 5.16. The van der Waals surface area contributed by atoms with Gasteiger partial charge in [-0.05, 0) is 41.6 Å². The number of rotatable bonds is 7. The van der Waals surface area contributed by atoms with Gasteiger partial charge in [0.1, 0.15) is 0 Å². The van der Waals surface area contributed by atoms with Crippen molar-refractivity contribution in [1.29, 1.82) is 0 Å². The number of piperazine rings is 1. The minimum Gasteiger partial charge on any atom is -0.493 e. The lowest BCUT2D eigenvalue weighted by molar-refractivity contribution is -0.136. The third-order valence-corrected chi connectivity index (χ3v) is 5.91. The van der Waals surface area contributed by atoms with Crippen molar-refractivity contribution in [3.8, 4) is 11.5 Å². The van der Waals surface area contributed by atoms with Crippen LogP contribution in [0.5, 0.6) is 11.5 Å². The Morgan fingerprint density at radius 3 is 2.43 bits per heavy atom. The third-order valence-electron chi connectivity index (χ3n) is 5.21. The van der Waals surface area contributed by atoms with Gasteiger partial charge in [0.15, 0.2) is 11.5 Å². The van der Waals surface area contributed by atoms with Crippen molar-refractivity contribution < 1.29 is 19.1 Å². The summed E-state index contributed by atoms with van der Waals surface area (Å²) in [6.45, 7) is 4.18. The van der Waals surface area contributed by atoms with Gasteiger partial charge in [-0.25, -0.2) is 0 Å². The lowest BCUT2D eigenvalue weighted by Gasteiger charge is -2.37. The van der Waals surface area contributed by atoms with Crippen LogP contribution < -0.4 is 20.1 Å². The highest BCUT2D eigenvalue weighted by Gasteiger charge is 2.25. The van der Waals surface area contributed by atoms with Gasteiger partial charge in [-0.2, -0.15) is 11.3 Å². The van der Waals surface area contributed by atoms with Gasteiger partial charge in [0.25, 0.3) is 0 Å². The number of anilines is 1. The molecule has 0 unspecified atom stereocenters. The van der Waals surface area contributed by atoms with Crippen molar-refractivity contribution >= 4 is 28.8 Å². The summed E-state index contributed by atoms with van der Waals surface area (Å²) in [5, 5.41) is 9.53. The number of amides is 2. The Hall–Kier alpha value is -2.62.